The molecule has 23 heavy (non-hydrogen) atoms. The summed E-state index contributed by atoms with van der Waals surface area (Å²) < 4.78 is 1.48. The fraction of sp³-hybridized carbons (Fsp3) is 0.235. The fourth-order valence-electron chi connectivity index (χ4n) is 2.37. The summed E-state index contributed by atoms with van der Waals surface area (Å²) in [6.07, 6.45) is 2.66. The molecule has 0 bridgehead atoms. The van der Waals surface area contributed by atoms with Gasteiger partial charge in [-0.25, -0.2) is 4.98 Å². The van der Waals surface area contributed by atoms with Crippen LogP contribution >= 0.6 is 11.3 Å². The Morgan fingerprint density at radius 2 is 2.22 bits per heavy atom. The number of carbonyl (C=O) groups excluding carboxylic acids is 1. The van der Waals surface area contributed by atoms with Crippen LogP contribution in [-0.2, 0) is 17.8 Å². The number of thiophene rings is 1. The van der Waals surface area contributed by atoms with Crippen LogP contribution in [0.2, 0.25) is 0 Å². The molecule has 0 aliphatic heterocycles. The molecule has 5 nitrogen and oxygen atoms in total. The summed E-state index contributed by atoms with van der Waals surface area (Å²) in [5.41, 5.74) is 1.86. The number of benzene rings is 1. The topological polar surface area (TPSA) is 64.0 Å². The lowest BCUT2D eigenvalue weighted by Gasteiger charge is -2.08. The minimum atomic E-state index is -0.115. The fourth-order valence-corrected chi connectivity index (χ4v) is 3.09. The lowest BCUT2D eigenvalue weighted by molar-refractivity contribution is -0.116. The van der Waals surface area contributed by atoms with Gasteiger partial charge in [-0.2, -0.15) is 0 Å². The van der Waals surface area contributed by atoms with E-state index in [1.54, 1.807) is 6.07 Å². The van der Waals surface area contributed by atoms with Crippen molar-refractivity contribution in [1.82, 2.24) is 9.55 Å². The van der Waals surface area contributed by atoms with Crippen LogP contribution in [0.4, 0.5) is 5.69 Å². The molecule has 2 heterocycles. The van der Waals surface area contributed by atoms with Gasteiger partial charge in [-0.15, -0.1) is 11.3 Å². The summed E-state index contributed by atoms with van der Waals surface area (Å²) in [6.45, 7) is 2.39. The highest BCUT2D eigenvalue weighted by molar-refractivity contribution is 7.16. The number of aryl methyl sites for hydroxylation is 2. The van der Waals surface area contributed by atoms with Crippen molar-refractivity contribution in [3.05, 3.63) is 58.0 Å². The summed E-state index contributed by atoms with van der Waals surface area (Å²) >= 11 is 1.44. The molecule has 0 atom stereocenters. The number of aromatic nitrogens is 2. The lowest BCUT2D eigenvalue weighted by atomic mass is 10.1. The van der Waals surface area contributed by atoms with E-state index in [1.165, 1.54) is 27.8 Å². The third-order valence-electron chi connectivity index (χ3n) is 3.65. The Bertz CT molecular complexity index is 898. The first kappa shape index (κ1) is 15.4. The van der Waals surface area contributed by atoms with E-state index in [2.05, 4.69) is 17.2 Å². The van der Waals surface area contributed by atoms with Gasteiger partial charge in [0.25, 0.3) is 5.56 Å². The predicted octanol–water partition coefficient (Wildman–Crippen LogP) is 3.05. The number of hydrogen-bond acceptors (Lipinski definition) is 4. The van der Waals surface area contributed by atoms with E-state index in [0.29, 0.717) is 11.9 Å². The number of rotatable bonds is 5. The molecule has 118 valence electrons. The second kappa shape index (κ2) is 6.75. The van der Waals surface area contributed by atoms with E-state index < -0.39 is 0 Å². The summed E-state index contributed by atoms with van der Waals surface area (Å²) in [5.74, 6) is -0.115. The van der Waals surface area contributed by atoms with Crippen LogP contribution in [0, 0.1) is 0 Å². The first-order chi connectivity index (χ1) is 11.2. The van der Waals surface area contributed by atoms with Gasteiger partial charge in [-0.3, -0.25) is 14.2 Å². The van der Waals surface area contributed by atoms with Crippen LogP contribution in [0.15, 0.2) is 46.8 Å². The minimum absolute atomic E-state index is 0.1000. The van der Waals surface area contributed by atoms with Gasteiger partial charge < -0.3 is 5.32 Å². The van der Waals surface area contributed by atoms with Crippen LogP contribution in [0.1, 0.15) is 18.9 Å². The quantitative estimate of drug-likeness (QED) is 0.783. The zero-order valence-electron chi connectivity index (χ0n) is 12.8. The maximum atomic E-state index is 12.2. The van der Waals surface area contributed by atoms with Gasteiger partial charge in [0.15, 0.2) is 0 Å². The van der Waals surface area contributed by atoms with Gasteiger partial charge in [0.1, 0.15) is 4.83 Å². The zero-order chi connectivity index (χ0) is 16.2. The Morgan fingerprint density at radius 3 is 3.04 bits per heavy atom. The van der Waals surface area contributed by atoms with E-state index in [0.717, 1.165) is 16.9 Å². The molecule has 0 saturated heterocycles. The Balaban J connectivity index is 1.66. The largest absolute Gasteiger partial charge is 0.326 e. The Labute approximate surface area is 137 Å². The summed E-state index contributed by atoms with van der Waals surface area (Å²) in [4.78, 5) is 29.3. The van der Waals surface area contributed by atoms with Gasteiger partial charge in [-0.1, -0.05) is 19.1 Å². The smallest absolute Gasteiger partial charge is 0.262 e. The number of nitrogens with one attached hydrogen (secondary N) is 1. The number of fused-ring (bicyclic) bond motifs is 1. The first-order valence-corrected chi connectivity index (χ1v) is 8.37. The molecule has 1 amide bonds. The second-order valence-corrected chi connectivity index (χ2v) is 6.13. The highest BCUT2D eigenvalue weighted by atomic mass is 32.1. The van der Waals surface area contributed by atoms with E-state index >= 15 is 0 Å². The third-order valence-corrected chi connectivity index (χ3v) is 4.47. The molecule has 0 fully saturated rings. The van der Waals surface area contributed by atoms with Gasteiger partial charge in [0.05, 0.1) is 11.7 Å². The number of nitrogens with zero attached hydrogens (tertiary/aromatic N) is 2. The van der Waals surface area contributed by atoms with Gasteiger partial charge in [-0.05, 0) is 35.6 Å². The standard InChI is InChI=1S/C17H17N3O2S/c1-2-12-4-3-5-13(10-12)19-15(21)6-8-20-11-18-16-14(17(20)22)7-9-23-16/h3-5,7,9-11H,2,6,8H2,1H3,(H,19,21). The molecule has 6 heteroatoms. The zero-order valence-corrected chi connectivity index (χ0v) is 13.6. The Hall–Kier alpha value is -2.47. The average Bonchev–Trinajstić information content (AvgIpc) is 3.04. The molecular weight excluding hydrogens is 310 g/mol. The average molecular weight is 327 g/mol. The highest BCUT2D eigenvalue weighted by Gasteiger charge is 2.08. The van der Waals surface area contributed by atoms with Crippen molar-refractivity contribution >= 4 is 33.1 Å². The van der Waals surface area contributed by atoms with Crippen molar-refractivity contribution in [2.24, 2.45) is 0 Å². The number of amides is 1. The molecule has 0 spiro atoms. The van der Waals surface area contributed by atoms with E-state index in [1.807, 2.05) is 29.6 Å². The molecule has 1 N–H and O–H groups in total. The molecule has 2 aromatic heterocycles. The molecule has 3 aromatic rings. The molecular formula is C17H17N3O2S. The Morgan fingerprint density at radius 1 is 1.35 bits per heavy atom. The van der Waals surface area contributed by atoms with E-state index in [-0.39, 0.29) is 17.9 Å². The second-order valence-electron chi connectivity index (χ2n) is 5.23. The SMILES string of the molecule is CCc1cccc(NC(=O)CCn2cnc3sccc3c2=O)c1. The van der Waals surface area contributed by atoms with Crippen LogP contribution in [-0.4, -0.2) is 15.5 Å². The molecule has 0 radical (unpaired) electrons. The molecule has 1 aromatic carbocycles. The highest BCUT2D eigenvalue weighted by Crippen LogP contribution is 2.14. The van der Waals surface area contributed by atoms with Crippen LogP contribution in [0.3, 0.4) is 0 Å². The van der Waals surface area contributed by atoms with E-state index in [4.69, 9.17) is 0 Å². The molecule has 0 aliphatic carbocycles. The summed E-state index contributed by atoms with van der Waals surface area (Å²) in [6, 6.07) is 9.54. The third kappa shape index (κ3) is 3.48. The predicted molar refractivity (Wildman–Crippen MR) is 92.9 cm³/mol. The van der Waals surface area contributed by atoms with Crippen molar-refractivity contribution in [1.29, 1.82) is 0 Å². The van der Waals surface area contributed by atoms with Gasteiger partial charge in [0.2, 0.25) is 5.91 Å². The van der Waals surface area contributed by atoms with Crippen molar-refractivity contribution in [3.63, 3.8) is 0 Å². The van der Waals surface area contributed by atoms with E-state index in [9.17, 15) is 9.59 Å². The molecule has 3 rings (SSSR count). The number of anilines is 1. The Kier molecular flexibility index (Phi) is 4.52. The maximum Gasteiger partial charge on any atom is 0.262 e. The van der Waals surface area contributed by atoms with Crippen molar-refractivity contribution in [2.75, 3.05) is 5.32 Å². The monoisotopic (exact) mass is 327 g/mol. The maximum absolute atomic E-state index is 12.2. The van der Waals surface area contributed by atoms with Crippen LogP contribution in [0.25, 0.3) is 10.2 Å². The first-order valence-electron chi connectivity index (χ1n) is 7.49. The summed E-state index contributed by atoms with van der Waals surface area (Å²) in [7, 11) is 0. The minimum Gasteiger partial charge on any atom is -0.326 e. The molecule has 0 saturated carbocycles. The number of hydrogen-bond donors (Lipinski definition) is 1. The molecule has 0 aliphatic rings. The normalized spacial score (nSPS) is 10.8. The summed E-state index contributed by atoms with van der Waals surface area (Å²) in [5, 5.41) is 5.32. The molecule has 0 unspecified atom stereocenters. The van der Waals surface area contributed by atoms with Crippen LogP contribution in [0.5, 0.6) is 0 Å². The van der Waals surface area contributed by atoms with Crippen LogP contribution < -0.4 is 10.9 Å². The van der Waals surface area contributed by atoms with Gasteiger partial charge in [0, 0.05) is 18.7 Å². The van der Waals surface area contributed by atoms with Gasteiger partial charge >= 0.3 is 0 Å². The van der Waals surface area contributed by atoms with Crippen molar-refractivity contribution < 1.29 is 4.79 Å². The van der Waals surface area contributed by atoms with Crippen molar-refractivity contribution in [2.45, 2.75) is 26.3 Å². The van der Waals surface area contributed by atoms with Crippen molar-refractivity contribution in [3.8, 4) is 0 Å². The lowest BCUT2D eigenvalue weighted by Crippen LogP contribution is -2.23. The number of carbonyl (C=O) groups is 1.